The molecule has 2 heterocycles. The van der Waals surface area contributed by atoms with E-state index in [4.69, 9.17) is 5.26 Å². The Kier molecular flexibility index (Phi) is 3.37. The molecule has 0 radical (unpaired) electrons. The summed E-state index contributed by atoms with van der Waals surface area (Å²) >= 11 is 0. The molecule has 1 saturated heterocycles. The molecule has 4 nitrogen and oxygen atoms in total. The van der Waals surface area contributed by atoms with E-state index in [9.17, 15) is 0 Å². The highest BCUT2D eigenvalue weighted by Gasteiger charge is 2.17. The Bertz CT molecular complexity index is 388. The van der Waals surface area contributed by atoms with Crippen LogP contribution in [0.25, 0.3) is 0 Å². The first-order valence-corrected chi connectivity index (χ1v) is 5.64. The lowest BCUT2D eigenvalue weighted by Gasteiger charge is -2.28. The molecular weight excluding hydrogens is 200 g/mol. The number of hydrogen-bond acceptors (Lipinski definition) is 4. The third-order valence-electron chi connectivity index (χ3n) is 2.90. The Morgan fingerprint density at radius 1 is 1.56 bits per heavy atom. The fourth-order valence-corrected chi connectivity index (χ4v) is 1.91. The largest absolute Gasteiger partial charge is 0.366 e. The summed E-state index contributed by atoms with van der Waals surface area (Å²) in [5, 5.41) is 15.6. The second-order valence-electron chi connectivity index (χ2n) is 4.27. The number of nitriles is 1. The summed E-state index contributed by atoms with van der Waals surface area (Å²) in [6, 6.07) is 6.64. The predicted octanol–water partition coefficient (Wildman–Crippen LogP) is 1.51. The minimum absolute atomic E-state index is 0.414. The highest BCUT2D eigenvalue weighted by Crippen LogP contribution is 2.13. The van der Waals surface area contributed by atoms with Crippen molar-refractivity contribution in [3.63, 3.8) is 0 Å². The molecule has 0 aliphatic carbocycles. The molecule has 1 fully saturated rings. The van der Waals surface area contributed by atoms with Gasteiger partial charge in [0.05, 0.1) is 11.6 Å². The van der Waals surface area contributed by atoms with E-state index < -0.39 is 0 Å². The van der Waals surface area contributed by atoms with Gasteiger partial charge in [0.25, 0.3) is 0 Å². The molecule has 1 aromatic rings. The van der Waals surface area contributed by atoms with Crippen LogP contribution in [0.5, 0.6) is 0 Å². The van der Waals surface area contributed by atoms with E-state index in [0.29, 0.717) is 17.6 Å². The summed E-state index contributed by atoms with van der Waals surface area (Å²) in [5.41, 5.74) is 0.648. The highest BCUT2D eigenvalue weighted by atomic mass is 15.1. The summed E-state index contributed by atoms with van der Waals surface area (Å²) in [5.74, 6) is 0.792. The quantitative estimate of drug-likeness (QED) is 0.786. The zero-order valence-corrected chi connectivity index (χ0v) is 9.40. The van der Waals surface area contributed by atoms with E-state index in [1.54, 1.807) is 18.3 Å². The average Bonchev–Trinajstić information content (AvgIpc) is 2.32. The van der Waals surface area contributed by atoms with Gasteiger partial charge in [-0.2, -0.15) is 5.26 Å². The van der Waals surface area contributed by atoms with Gasteiger partial charge in [-0.15, -0.1) is 0 Å². The molecule has 2 rings (SSSR count). The van der Waals surface area contributed by atoms with Crippen LogP contribution in [0.1, 0.15) is 25.3 Å². The minimum Gasteiger partial charge on any atom is -0.366 e. The van der Waals surface area contributed by atoms with Crippen molar-refractivity contribution in [1.29, 1.82) is 5.26 Å². The molecule has 1 aromatic heterocycles. The van der Waals surface area contributed by atoms with E-state index in [-0.39, 0.29) is 0 Å². The smallest absolute Gasteiger partial charge is 0.127 e. The number of anilines is 1. The summed E-state index contributed by atoms with van der Waals surface area (Å²) < 4.78 is 0. The standard InChI is InChI=1S/C12H16N4/c1-9-2-3-11(8-15-9)16-12-6-10(7-13)4-5-14-12/h4-6,9,11,15H,2-3,8H2,1H3,(H,14,16). The average molecular weight is 216 g/mol. The molecule has 1 aliphatic heterocycles. The third-order valence-corrected chi connectivity index (χ3v) is 2.90. The maximum atomic E-state index is 8.78. The minimum atomic E-state index is 0.414. The van der Waals surface area contributed by atoms with Crippen molar-refractivity contribution in [2.45, 2.75) is 31.8 Å². The molecule has 0 spiro atoms. The molecule has 0 aromatic carbocycles. The molecule has 1 aliphatic rings. The van der Waals surface area contributed by atoms with E-state index >= 15 is 0 Å². The fraction of sp³-hybridized carbons (Fsp3) is 0.500. The van der Waals surface area contributed by atoms with Gasteiger partial charge in [-0.1, -0.05) is 0 Å². The Morgan fingerprint density at radius 2 is 2.44 bits per heavy atom. The first kappa shape index (κ1) is 10.9. The Balaban J connectivity index is 1.96. The number of hydrogen-bond donors (Lipinski definition) is 2. The van der Waals surface area contributed by atoms with Gasteiger partial charge < -0.3 is 10.6 Å². The fourth-order valence-electron chi connectivity index (χ4n) is 1.91. The second kappa shape index (κ2) is 4.95. The monoisotopic (exact) mass is 216 g/mol. The van der Waals surface area contributed by atoms with Crippen molar-refractivity contribution < 1.29 is 0 Å². The van der Waals surface area contributed by atoms with Gasteiger partial charge in [0.1, 0.15) is 5.82 Å². The molecule has 2 unspecified atom stereocenters. The van der Waals surface area contributed by atoms with Gasteiger partial charge in [-0.3, -0.25) is 0 Å². The first-order chi connectivity index (χ1) is 7.78. The summed E-state index contributed by atoms with van der Waals surface area (Å²) in [4.78, 5) is 4.21. The van der Waals surface area contributed by atoms with Crippen molar-refractivity contribution in [3.8, 4) is 6.07 Å². The van der Waals surface area contributed by atoms with E-state index in [1.807, 2.05) is 0 Å². The van der Waals surface area contributed by atoms with Crippen molar-refractivity contribution in [2.75, 3.05) is 11.9 Å². The van der Waals surface area contributed by atoms with Crippen LogP contribution in [-0.4, -0.2) is 23.6 Å². The lowest BCUT2D eigenvalue weighted by Crippen LogP contribution is -2.43. The zero-order chi connectivity index (χ0) is 11.4. The van der Waals surface area contributed by atoms with Crippen LogP contribution in [-0.2, 0) is 0 Å². The summed E-state index contributed by atoms with van der Waals surface area (Å²) in [6.07, 6.45) is 3.99. The van der Waals surface area contributed by atoms with Gasteiger partial charge in [0.2, 0.25) is 0 Å². The van der Waals surface area contributed by atoms with Gasteiger partial charge in [-0.05, 0) is 31.9 Å². The number of nitrogens with one attached hydrogen (secondary N) is 2. The molecule has 84 valence electrons. The van der Waals surface area contributed by atoms with Crippen LogP contribution in [0.15, 0.2) is 18.3 Å². The van der Waals surface area contributed by atoms with Crippen LogP contribution in [0.3, 0.4) is 0 Å². The third kappa shape index (κ3) is 2.71. The Labute approximate surface area is 95.7 Å². The van der Waals surface area contributed by atoms with Crippen molar-refractivity contribution >= 4 is 5.82 Å². The lowest BCUT2D eigenvalue weighted by molar-refractivity contribution is 0.398. The van der Waals surface area contributed by atoms with Crippen LogP contribution >= 0.6 is 0 Å². The van der Waals surface area contributed by atoms with E-state index in [2.05, 4.69) is 28.6 Å². The van der Waals surface area contributed by atoms with Crippen LogP contribution in [0, 0.1) is 11.3 Å². The number of pyridine rings is 1. The van der Waals surface area contributed by atoms with Crippen LogP contribution in [0.2, 0.25) is 0 Å². The Hall–Kier alpha value is -1.60. The topological polar surface area (TPSA) is 60.7 Å². The Morgan fingerprint density at radius 3 is 3.12 bits per heavy atom. The summed E-state index contributed by atoms with van der Waals surface area (Å²) in [7, 11) is 0. The second-order valence-corrected chi connectivity index (χ2v) is 4.27. The van der Waals surface area contributed by atoms with Gasteiger partial charge in [0.15, 0.2) is 0 Å². The first-order valence-electron chi connectivity index (χ1n) is 5.64. The lowest BCUT2D eigenvalue weighted by atomic mass is 10.0. The van der Waals surface area contributed by atoms with Crippen molar-refractivity contribution in [1.82, 2.24) is 10.3 Å². The summed E-state index contributed by atoms with van der Waals surface area (Å²) in [6.45, 7) is 3.16. The van der Waals surface area contributed by atoms with E-state index in [0.717, 1.165) is 18.8 Å². The van der Waals surface area contributed by atoms with Gasteiger partial charge in [-0.25, -0.2) is 4.98 Å². The molecule has 0 bridgehead atoms. The predicted molar refractivity (Wildman–Crippen MR) is 63.1 cm³/mol. The van der Waals surface area contributed by atoms with Crippen LogP contribution in [0.4, 0.5) is 5.82 Å². The number of piperidine rings is 1. The maximum Gasteiger partial charge on any atom is 0.127 e. The van der Waals surface area contributed by atoms with Gasteiger partial charge >= 0.3 is 0 Å². The number of rotatable bonds is 2. The SMILES string of the molecule is CC1CCC(Nc2cc(C#N)ccn2)CN1. The molecule has 16 heavy (non-hydrogen) atoms. The van der Waals surface area contributed by atoms with E-state index in [1.165, 1.54) is 6.42 Å². The normalized spacial score (nSPS) is 24.8. The zero-order valence-electron chi connectivity index (χ0n) is 9.40. The molecule has 2 N–H and O–H groups in total. The van der Waals surface area contributed by atoms with Crippen LogP contribution < -0.4 is 10.6 Å². The van der Waals surface area contributed by atoms with Crippen molar-refractivity contribution in [3.05, 3.63) is 23.9 Å². The molecule has 0 saturated carbocycles. The van der Waals surface area contributed by atoms with Crippen molar-refractivity contribution in [2.24, 2.45) is 0 Å². The molecule has 4 heteroatoms. The number of aromatic nitrogens is 1. The highest BCUT2D eigenvalue weighted by molar-refractivity contribution is 5.43. The number of nitrogens with zero attached hydrogens (tertiary/aromatic N) is 2. The molecule has 0 amide bonds. The maximum absolute atomic E-state index is 8.78. The molecular formula is C12H16N4. The van der Waals surface area contributed by atoms with Gasteiger partial charge in [0, 0.05) is 24.8 Å². The molecule has 2 atom stereocenters.